The average Bonchev–Trinajstić information content (AvgIpc) is 2.43. The molecule has 0 heterocycles. The normalized spacial score (nSPS) is 12.4. The molecule has 1 atom stereocenters. The minimum absolute atomic E-state index is 0.0617. The van der Waals surface area contributed by atoms with Crippen molar-refractivity contribution in [3.63, 3.8) is 0 Å². The van der Waals surface area contributed by atoms with Crippen LogP contribution < -0.4 is 10.6 Å². The fourth-order valence-corrected chi connectivity index (χ4v) is 2.55. The third kappa shape index (κ3) is 6.44. The summed E-state index contributed by atoms with van der Waals surface area (Å²) in [7, 11) is 0. The zero-order valence-corrected chi connectivity index (χ0v) is 13.7. The minimum Gasteiger partial charge on any atom is -0.355 e. The van der Waals surface area contributed by atoms with Gasteiger partial charge in [0.25, 0.3) is 0 Å². The van der Waals surface area contributed by atoms with E-state index in [4.69, 9.17) is 0 Å². The van der Waals surface area contributed by atoms with Gasteiger partial charge < -0.3 is 10.6 Å². The highest BCUT2D eigenvalue weighted by Crippen LogP contribution is 2.23. The van der Waals surface area contributed by atoms with E-state index in [1.165, 1.54) is 5.56 Å². The maximum Gasteiger partial charge on any atom is 0.233 e. The van der Waals surface area contributed by atoms with E-state index in [1.54, 1.807) is 11.8 Å². The van der Waals surface area contributed by atoms with E-state index in [9.17, 15) is 4.79 Å². The standard InChI is InChI=1S/C16H26N2OS/c1-5-17-11-14-6-8-15(9-7-14)20-13(4)16(19)18-10-12(2)3/h6-9,12-13,17H,5,10-11H2,1-4H3,(H,18,19). The lowest BCUT2D eigenvalue weighted by molar-refractivity contribution is -0.120. The highest BCUT2D eigenvalue weighted by Gasteiger charge is 2.14. The third-order valence-electron chi connectivity index (χ3n) is 2.87. The number of amides is 1. The van der Waals surface area contributed by atoms with Crippen molar-refractivity contribution in [3.8, 4) is 0 Å². The highest BCUT2D eigenvalue weighted by atomic mass is 32.2. The van der Waals surface area contributed by atoms with Gasteiger partial charge in [0.15, 0.2) is 0 Å². The number of hydrogen-bond acceptors (Lipinski definition) is 3. The SMILES string of the molecule is CCNCc1ccc(SC(C)C(=O)NCC(C)C)cc1. The predicted molar refractivity (Wildman–Crippen MR) is 87.0 cm³/mol. The molecule has 1 unspecified atom stereocenters. The lowest BCUT2D eigenvalue weighted by Crippen LogP contribution is -2.33. The third-order valence-corrected chi connectivity index (χ3v) is 3.98. The lowest BCUT2D eigenvalue weighted by atomic mass is 10.2. The highest BCUT2D eigenvalue weighted by molar-refractivity contribution is 8.00. The van der Waals surface area contributed by atoms with Gasteiger partial charge >= 0.3 is 0 Å². The van der Waals surface area contributed by atoms with Gasteiger partial charge in [0.1, 0.15) is 0 Å². The smallest absolute Gasteiger partial charge is 0.233 e. The first-order chi connectivity index (χ1) is 9.52. The molecule has 0 aromatic heterocycles. The van der Waals surface area contributed by atoms with Crippen LogP contribution in [-0.4, -0.2) is 24.2 Å². The largest absolute Gasteiger partial charge is 0.355 e. The molecule has 20 heavy (non-hydrogen) atoms. The van der Waals surface area contributed by atoms with Gasteiger partial charge in [-0.05, 0) is 37.1 Å². The van der Waals surface area contributed by atoms with Gasteiger partial charge in [-0.15, -0.1) is 11.8 Å². The molecule has 1 rings (SSSR count). The number of carbonyl (C=O) groups excluding carboxylic acids is 1. The zero-order chi connectivity index (χ0) is 15.0. The summed E-state index contributed by atoms with van der Waals surface area (Å²) in [4.78, 5) is 13.1. The molecule has 0 saturated carbocycles. The first-order valence-corrected chi connectivity index (χ1v) is 8.15. The van der Waals surface area contributed by atoms with Gasteiger partial charge in [-0.2, -0.15) is 0 Å². The Labute approximate surface area is 126 Å². The first kappa shape index (κ1) is 17.1. The molecule has 1 aromatic carbocycles. The van der Waals surface area contributed by atoms with E-state index in [1.807, 2.05) is 6.92 Å². The number of benzene rings is 1. The van der Waals surface area contributed by atoms with Crippen molar-refractivity contribution in [3.05, 3.63) is 29.8 Å². The first-order valence-electron chi connectivity index (χ1n) is 7.27. The fraction of sp³-hybridized carbons (Fsp3) is 0.562. The average molecular weight is 294 g/mol. The minimum atomic E-state index is -0.0617. The van der Waals surface area contributed by atoms with Gasteiger partial charge in [0.05, 0.1) is 5.25 Å². The molecule has 0 saturated heterocycles. The molecule has 0 fully saturated rings. The Balaban J connectivity index is 2.44. The summed E-state index contributed by atoms with van der Waals surface area (Å²) in [6.45, 7) is 10.9. The summed E-state index contributed by atoms with van der Waals surface area (Å²) in [5, 5.41) is 6.21. The van der Waals surface area contributed by atoms with Crippen LogP contribution in [0.15, 0.2) is 29.2 Å². The van der Waals surface area contributed by atoms with Crippen LogP contribution in [0.1, 0.15) is 33.3 Å². The molecular formula is C16H26N2OS. The lowest BCUT2D eigenvalue weighted by Gasteiger charge is -2.13. The summed E-state index contributed by atoms with van der Waals surface area (Å²) in [6.07, 6.45) is 0. The Hall–Kier alpha value is -1.00. The van der Waals surface area contributed by atoms with E-state index in [-0.39, 0.29) is 11.2 Å². The second-order valence-electron chi connectivity index (χ2n) is 5.32. The van der Waals surface area contributed by atoms with E-state index in [0.29, 0.717) is 5.92 Å². The summed E-state index contributed by atoms with van der Waals surface area (Å²) in [5.74, 6) is 0.599. The van der Waals surface area contributed by atoms with Gasteiger partial charge in [-0.1, -0.05) is 32.9 Å². The van der Waals surface area contributed by atoms with Gasteiger partial charge in [0, 0.05) is 18.0 Å². The molecule has 1 aromatic rings. The number of thioether (sulfide) groups is 1. The molecule has 0 aliphatic rings. The topological polar surface area (TPSA) is 41.1 Å². The molecule has 0 radical (unpaired) electrons. The van der Waals surface area contributed by atoms with E-state index in [2.05, 4.69) is 55.7 Å². The zero-order valence-electron chi connectivity index (χ0n) is 12.9. The summed E-state index contributed by atoms with van der Waals surface area (Å²) < 4.78 is 0. The second kappa shape index (κ2) is 9.03. The van der Waals surface area contributed by atoms with Gasteiger partial charge in [-0.3, -0.25) is 4.79 Å². The number of nitrogens with one attached hydrogen (secondary N) is 2. The van der Waals surface area contributed by atoms with Crippen LogP contribution in [0, 0.1) is 5.92 Å². The second-order valence-corrected chi connectivity index (χ2v) is 6.74. The number of carbonyl (C=O) groups is 1. The van der Waals surface area contributed by atoms with Crippen molar-refractivity contribution in [1.82, 2.24) is 10.6 Å². The van der Waals surface area contributed by atoms with Gasteiger partial charge in [0.2, 0.25) is 5.91 Å². The number of rotatable bonds is 8. The maximum atomic E-state index is 11.9. The molecule has 112 valence electrons. The Morgan fingerprint density at radius 2 is 1.85 bits per heavy atom. The van der Waals surface area contributed by atoms with Crippen LogP contribution in [0.25, 0.3) is 0 Å². The van der Waals surface area contributed by atoms with Crippen molar-refractivity contribution >= 4 is 17.7 Å². The summed E-state index contributed by atoms with van der Waals surface area (Å²) in [6, 6.07) is 8.40. The Kier molecular flexibility index (Phi) is 7.70. The van der Waals surface area contributed by atoms with Crippen molar-refractivity contribution in [1.29, 1.82) is 0 Å². The predicted octanol–water partition coefficient (Wildman–Crippen LogP) is 3.05. The Bertz CT molecular complexity index is 403. The fourth-order valence-electron chi connectivity index (χ4n) is 1.66. The Morgan fingerprint density at radius 3 is 2.40 bits per heavy atom. The summed E-state index contributed by atoms with van der Waals surface area (Å²) in [5.41, 5.74) is 1.27. The van der Waals surface area contributed by atoms with Crippen molar-refractivity contribution in [2.24, 2.45) is 5.92 Å². The molecular weight excluding hydrogens is 268 g/mol. The molecule has 0 bridgehead atoms. The molecule has 0 aliphatic heterocycles. The van der Waals surface area contributed by atoms with Crippen LogP contribution in [0.4, 0.5) is 0 Å². The van der Waals surface area contributed by atoms with Crippen LogP contribution in [-0.2, 0) is 11.3 Å². The Morgan fingerprint density at radius 1 is 1.20 bits per heavy atom. The van der Waals surface area contributed by atoms with Crippen LogP contribution in [0.3, 0.4) is 0 Å². The van der Waals surface area contributed by atoms with Crippen molar-refractivity contribution < 1.29 is 4.79 Å². The molecule has 1 amide bonds. The van der Waals surface area contributed by atoms with Crippen LogP contribution >= 0.6 is 11.8 Å². The van der Waals surface area contributed by atoms with E-state index < -0.39 is 0 Å². The molecule has 0 aliphatic carbocycles. The van der Waals surface area contributed by atoms with E-state index >= 15 is 0 Å². The van der Waals surface area contributed by atoms with Gasteiger partial charge in [-0.25, -0.2) is 0 Å². The number of hydrogen-bond donors (Lipinski definition) is 2. The maximum absolute atomic E-state index is 11.9. The monoisotopic (exact) mass is 294 g/mol. The van der Waals surface area contributed by atoms with Crippen molar-refractivity contribution in [2.45, 2.75) is 44.4 Å². The van der Waals surface area contributed by atoms with Crippen LogP contribution in [0.5, 0.6) is 0 Å². The molecule has 3 nitrogen and oxygen atoms in total. The molecule has 2 N–H and O–H groups in total. The van der Waals surface area contributed by atoms with Crippen molar-refractivity contribution in [2.75, 3.05) is 13.1 Å². The van der Waals surface area contributed by atoms with E-state index in [0.717, 1.165) is 24.5 Å². The van der Waals surface area contributed by atoms with Crippen LogP contribution in [0.2, 0.25) is 0 Å². The molecule has 4 heteroatoms. The molecule has 0 spiro atoms. The quantitative estimate of drug-likeness (QED) is 0.724. The summed E-state index contributed by atoms with van der Waals surface area (Å²) >= 11 is 1.60.